The molecule has 0 aliphatic rings. The van der Waals surface area contributed by atoms with Gasteiger partial charge in [0, 0.05) is 11.0 Å². The van der Waals surface area contributed by atoms with Gasteiger partial charge >= 0.3 is 0 Å². The van der Waals surface area contributed by atoms with Crippen LogP contribution in [0.15, 0.2) is 35.4 Å². The van der Waals surface area contributed by atoms with E-state index in [1.807, 2.05) is 18.2 Å². The first-order valence-electron chi connectivity index (χ1n) is 2.66. The average molecular weight is 188 g/mol. The standard InChI is InChI=1S/C7H10BrN/c1-2-7(8)5-3-4-6-9/h2-5H,1,6,9H2/b4-3+,7-5+. The summed E-state index contributed by atoms with van der Waals surface area (Å²) in [5.74, 6) is 0. The Kier molecular flexibility index (Phi) is 5.57. The molecule has 2 N–H and O–H groups in total. The van der Waals surface area contributed by atoms with Gasteiger partial charge in [0.25, 0.3) is 0 Å². The van der Waals surface area contributed by atoms with Gasteiger partial charge in [-0.05, 0) is 6.08 Å². The van der Waals surface area contributed by atoms with Crippen molar-refractivity contribution >= 4 is 15.9 Å². The molecule has 0 rings (SSSR count). The van der Waals surface area contributed by atoms with Gasteiger partial charge in [0.1, 0.15) is 0 Å². The predicted octanol–water partition coefficient (Wildman–Crippen LogP) is 1.97. The third-order valence-corrected chi connectivity index (χ3v) is 1.31. The Hall–Kier alpha value is -0.340. The van der Waals surface area contributed by atoms with Gasteiger partial charge in [0.2, 0.25) is 0 Å². The molecule has 0 aromatic carbocycles. The number of nitrogens with two attached hydrogens (primary N) is 1. The molecule has 1 nitrogen and oxygen atoms in total. The fourth-order valence-electron chi connectivity index (χ4n) is 0.307. The van der Waals surface area contributed by atoms with E-state index in [-0.39, 0.29) is 0 Å². The average Bonchev–Trinajstić information content (AvgIpc) is 1.89. The maximum atomic E-state index is 5.20. The lowest BCUT2D eigenvalue weighted by molar-refractivity contribution is 1.25. The maximum Gasteiger partial charge on any atom is 0.0169 e. The molecule has 0 aliphatic heterocycles. The summed E-state index contributed by atoms with van der Waals surface area (Å²) in [7, 11) is 0. The molecule has 0 heterocycles. The zero-order valence-corrected chi connectivity index (χ0v) is 6.76. The quantitative estimate of drug-likeness (QED) is 0.673. The number of rotatable bonds is 3. The fraction of sp³-hybridized carbons (Fsp3) is 0.143. The number of allylic oxidation sites excluding steroid dienone is 4. The van der Waals surface area contributed by atoms with Gasteiger partial charge in [0.05, 0.1) is 0 Å². The van der Waals surface area contributed by atoms with Crippen molar-refractivity contribution in [1.82, 2.24) is 0 Å². The van der Waals surface area contributed by atoms with Gasteiger partial charge in [0.15, 0.2) is 0 Å². The van der Waals surface area contributed by atoms with E-state index >= 15 is 0 Å². The Morgan fingerprint density at radius 2 is 2.33 bits per heavy atom. The number of hydrogen-bond acceptors (Lipinski definition) is 1. The summed E-state index contributed by atoms with van der Waals surface area (Å²) >= 11 is 3.26. The van der Waals surface area contributed by atoms with Crippen LogP contribution < -0.4 is 5.73 Å². The van der Waals surface area contributed by atoms with Crippen molar-refractivity contribution < 1.29 is 0 Å². The number of hydrogen-bond donors (Lipinski definition) is 1. The Bertz CT molecular complexity index is 136. The summed E-state index contributed by atoms with van der Waals surface area (Å²) in [5, 5.41) is 0. The molecule has 0 amide bonds. The van der Waals surface area contributed by atoms with Crippen molar-refractivity contribution in [2.75, 3.05) is 6.54 Å². The van der Waals surface area contributed by atoms with Crippen molar-refractivity contribution in [2.45, 2.75) is 0 Å². The molecule has 0 spiro atoms. The Morgan fingerprint density at radius 1 is 1.67 bits per heavy atom. The van der Waals surface area contributed by atoms with Crippen LogP contribution in [0.2, 0.25) is 0 Å². The minimum atomic E-state index is 0.577. The van der Waals surface area contributed by atoms with Crippen molar-refractivity contribution in [2.24, 2.45) is 5.73 Å². The van der Waals surface area contributed by atoms with Gasteiger partial charge < -0.3 is 5.73 Å². The second kappa shape index (κ2) is 5.79. The molecular weight excluding hydrogens is 178 g/mol. The molecule has 0 saturated carbocycles. The van der Waals surface area contributed by atoms with Gasteiger partial charge in [-0.2, -0.15) is 0 Å². The molecule has 0 unspecified atom stereocenters. The van der Waals surface area contributed by atoms with Crippen LogP contribution in [0.3, 0.4) is 0 Å². The van der Waals surface area contributed by atoms with E-state index in [0.29, 0.717) is 6.54 Å². The Balaban J connectivity index is 3.68. The largest absolute Gasteiger partial charge is 0.327 e. The summed E-state index contributed by atoms with van der Waals surface area (Å²) in [6.07, 6.45) is 7.36. The lowest BCUT2D eigenvalue weighted by Crippen LogP contribution is -1.91. The molecule has 0 bridgehead atoms. The summed E-state index contributed by atoms with van der Waals surface area (Å²) in [6.45, 7) is 4.14. The highest BCUT2D eigenvalue weighted by Crippen LogP contribution is 2.03. The van der Waals surface area contributed by atoms with Crippen LogP contribution in [-0.2, 0) is 0 Å². The second-order valence-electron chi connectivity index (χ2n) is 1.42. The van der Waals surface area contributed by atoms with E-state index < -0.39 is 0 Å². The van der Waals surface area contributed by atoms with E-state index in [9.17, 15) is 0 Å². The summed E-state index contributed by atoms with van der Waals surface area (Å²) < 4.78 is 0.965. The molecule has 0 saturated heterocycles. The minimum Gasteiger partial charge on any atom is -0.327 e. The van der Waals surface area contributed by atoms with Gasteiger partial charge in [-0.25, -0.2) is 0 Å². The zero-order valence-electron chi connectivity index (χ0n) is 5.18. The van der Waals surface area contributed by atoms with Crippen LogP contribution >= 0.6 is 15.9 Å². The molecule has 50 valence electrons. The highest BCUT2D eigenvalue weighted by atomic mass is 79.9. The summed E-state index contributed by atoms with van der Waals surface area (Å²) in [4.78, 5) is 0. The topological polar surface area (TPSA) is 26.0 Å². The van der Waals surface area contributed by atoms with E-state index in [2.05, 4.69) is 22.5 Å². The van der Waals surface area contributed by atoms with Gasteiger partial charge in [-0.1, -0.05) is 40.7 Å². The molecule has 0 aromatic heterocycles. The smallest absolute Gasteiger partial charge is 0.0169 e. The highest BCUT2D eigenvalue weighted by molar-refractivity contribution is 9.11. The highest BCUT2D eigenvalue weighted by Gasteiger charge is 1.74. The molecule has 0 aromatic rings. The van der Waals surface area contributed by atoms with Crippen molar-refractivity contribution in [3.63, 3.8) is 0 Å². The third kappa shape index (κ3) is 5.53. The first-order valence-corrected chi connectivity index (χ1v) is 3.45. The van der Waals surface area contributed by atoms with Crippen LogP contribution in [0.25, 0.3) is 0 Å². The molecule has 0 aliphatic carbocycles. The molecule has 9 heavy (non-hydrogen) atoms. The van der Waals surface area contributed by atoms with Gasteiger partial charge in [-0.15, -0.1) is 0 Å². The maximum absolute atomic E-state index is 5.20. The van der Waals surface area contributed by atoms with E-state index in [1.165, 1.54) is 0 Å². The summed E-state index contributed by atoms with van der Waals surface area (Å²) in [5.41, 5.74) is 5.20. The zero-order chi connectivity index (χ0) is 7.11. The Labute approximate surface area is 64.1 Å². The van der Waals surface area contributed by atoms with E-state index in [4.69, 9.17) is 5.73 Å². The second-order valence-corrected chi connectivity index (χ2v) is 2.34. The first kappa shape index (κ1) is 8.66. The lowest BCUT2D eigenvalue weighted by Gasteiger charge is -1.80. The van der Waals surface area contributed by atoms with Crippen molar-refractivity contribution in [1.29, 1.82) is 0 Å². The van der Waals surface area contributed by atoms with E-state index in [0.717, 1.165) is 4.48 Å². The normalized spacial score (nSPS) is 12.4. The fourth-order valence-corrected chi connectivity index (χ4v) is 0.459. The van der Waals surface area contributed by atoms with Crippen LogP contribution in [0.4, 0.5) is 0 Å². The molecule has 2 heteroatoms. The molecular formula is C7H10BrN. The third-order valence-electron chi connectivity index (χ3n) is 0.723. The Morgan fingerprint density at radius 3 is 2.78 bits per heavy atom. The van der Waals surface area contributed by atoms with Crippen LogP contribution in [0, 0.1) is 0 Å². The molecule has 0 fully saturated rings. The van der Waals surface area contributed by atoms with Crippen LogP contribution in [0.5, 0.6) is 0 Å². The molecule has 0 atom stereocenters. The van der Waals surface area contributed by atoms with E-state index in [1.54, 1.807) is 6.08 Å². The van der Waals surface area contributed by atoms with Crippen LogP contribution in [0.1, 0.15) is 0 Å². The van der Waals surface area contributed by atoms with Gasteiger partial charge in [-0.3, -0.25) is 0 Å². The number of halogens is 1. The SMILES string of the molecule is C=C/C(Br)=C\C=C\CN. The summed E-state index contributed by atoms with van der Waals surface area (Å²) in [6, 6.07) is 0. The predicted molar refractivity (Wildman–Crippen MR) is 45.4 cm³/mol. The monoisotopic (exact) mass is 187 g/mol. The minimum absolute atomic E-state index is 0.577. The van der Waals surface area contributed by atoms with Crippen LogP contribution in [-0.4, -0.2) is 6.54 Å². The van der Waals surface area contributed by atoms with Crippen molar-refractivity contribution in [3.8, 4) is 0 Å². The van der Waals surface area contributed by atoms with Crippen molar-refractivity contribution in [3.05, 3.63) is 35.4 Å². The molecule has 0 radical (unpaired) electrons. The first-order chi connectivity index (χ1) is 4.31. The lowest BCUT2D eigenvalue weighted by atomic mass is 10.4.